The number of carbonyl (C=O) groups is 1. The van der Waals surface area contributed by atoms with Crippen LogP contribution >= 0.6 is 11.6 Å². The van der Waals surface area contributed by atoms with Crippen molar-refractivity contribution in [3.8, 4) is 0 Å². The Morgan fingerprint density at radius 1 is 1.18 bits per heavy atom. The average Bonchev–Trinajstić information content (AvgIpc) is 2.48. The SMILES string of the molecule is COC(=O)c1cc(NS(=O)(=O)c2ccc(N)cc2)ccc1Cl. The lowest BCUT2D eigenvalue weighted by Gasteiger charge is -2.10. The van der Waals surface area contributed by atoms with Crippen molar-refractivity contribution < 1.29 is 17.9 Å². The molecule has 2 aromatic rings. The molecule has 0 unspecified atom stereocenters. The van der Waals surface area contributed by atoms with E-state index in [1.165, 1.54) is 49.6 Å². The Balaban J connectivity index is 2.34. The normalized spacial score (nSPS) is 11.0. The fourth-order valence-corrected chi connectivity index (χ4v) is 2.96. The zero-order chi connectivity index (χ0) is 16.3. The lowest BCUT2D eigenvalue weighted by Crippen LogP contribution is -2.13. The third-order valence-electron chi connectivity index (χ3n) is 2.81. The van der Waals surface area contributed by atoms with Crippen molar-refractivity contribution in [2.45, 2.75) is 4.90 Å². The molecule has 0 aromatic heterocycles. The molecule has 0 saturated carbocycles. The smallest absolute Gasteiger partial charge is 0.339 e. The minimum atomic E-state index is -3.79. The van der Waals surface area contributed by atoms with Gasteiger partial charge in [-0.25, -0.2) is 13.2 Å². The fourth-order valence-electron chi connectivity index (χ4n) is 1.72. The molecule has 0 saturated heterocycles. The summed E-state index contributed by atoms with van der Waals surface area (Å²) in [6, 6.07) is 9.90. The highest BCUT2D eigenvalue weighted by molar-refractivity contribution is 7.92. The number of carbonyl (C=O) groups excluding carboxylic acids is 1. The maximum Gasteiger partial charge on any atom is 0.339 e. The molecule has 0 amide bonds. The number of hydrogen-bond acceptors (Lipinski definition) is 5. The fraction of sp³-hybridized carbons (Fsp3) is 0.0714. The summed E-state index contributed by atoms with van der Waals surface area (Å²) in [5.41, 5.74) is 6.25. The summed E-state index contributed by atoms with van der Waals surface area (Å²) in [6.45, 7) is 0. The Morgan fingerprint density at radius 3 is 2.41 bits per heavy atom. The van der Waals surface area contributed by atoms with Gasteiger partial charge in [-0.3, -0.25) is 4.72 Å². The van der Waals surface area contributed by atoms with Gasteiger partial charge in [-0.2, -0.15) is 0 Å². The molecular weight excluding hydrogens is 328 g/mol. The van der Waals surface area contributed by atoms with Crippen LogP contribution in [-0.2, 0) is 14.8 Å². The molecule has 8 heteroatoms. The summed E-state index contributed by atoms with van der Waals surface area (Å²) >= 11 is 5.88. The molecule has 0 fully saturated rings. The zero-order valence-electron chi connectivity index (χ0n) is 11.5. The molecule has 2 aromatic carbocycles. The van der Waals surface area contributed by atoms with Crippen LogP contribution in [0.4, 0.5) is 11.4 Å². The summed E-state index contributed by atoms with van der Waals surface area (Å²) in [5.74, 6) is -0.654. The third-order valence-corrected chi connectivity index (χ3v) is 4.54. The van der Waals surface area contributed by atoms with Crippen molar-refractivity contribution in [3.05, 3.63) is 53.1 Å². The van der Waals surface area contributed by atoms with E-state index in [9.17, 15) is 13.2 Å². The Morgan fingerprint density at radius 2 is 1.82 bits per heavy atom. The Hall–Kier alpha value is -2.25. The third kappa shape index (κ3) is 3.49. The molecule has 3 N–H and O–H groups in total. The number of nitrogen functional groups attached to an aromatic ring is 1. The highest BCUT2D eigenvalue weighted by Crippen LogP contribution is 2.23. The topological polar surface area (TPSA) is 98.5 Å². The molecule has 0 spiro atoms. The summed E-state index contributed by atoms with van der Waals surface area (Å²) in [6.07, 6.45) is 0. The van der Waals surface area contributed by atoms with Crippen LogP contribution in [0.15, 0.2) is 47.4 Å². The van der Waals surface area contributed by atoms with Gasteiger partial charge in [0.05, 0.1) is 22.6 Å². The Kier molecular flexibility index (Phi) is 4.58. The van der Waals surface area contributed by atoms with Gasteiger partial charge in [-0.15, -0.1) is 0 Å². The number of sulfonamides is 1. The van der Waals surface area contributed by atoms with Crippen LogP contribution in [0.25, 0.3) is 0 Å². The van der Waals surface area contributed by atoms with E-state index in [1.54, 1.807) is 0 Å². The van der Waals surface area contributed by atoms with Gasteiger partial charge in [0.15, 0.2) is 0 Å². The van der Waals surface area contributed by atoms with Gasteiger partial charge in [0, 0.05) is 11.4 Å². The summed E-state index contributed by atoms with van der Waals surface area (Å²) in [5, 5.41) is 0.169. The van der Waals surface area contributed by atoms with Gasteiger partial charge in [0.2, 0.25) is 0 Å². The molecule has 0 heterocycles. The van der Waals surface area contributed by atoms with Crippen LogP contribution in [0.2, 0.25) is 5.02 Å². The van der Waals surface area contributed by atoms with Gasteiger partial charge in [-0.05, 0) is 42.5 Å². The quantitative estimate of drug-likeness (QED) is 0.658. The molecule has 0 atom stereocenters. The van der Waals surface area contributed by atoms with Crippen LogP contribution in [-0.4, -0.2) is 21.5 Å². The first kappa shape index (κ1) is 16.1. The van der Waals surface area contributed by atoms with Gasteiger partial charge in [0.1, 0.15) is 0 Å². The second kappa shape index (κ2) is 6.25. The maximum atomic E-state index is 12.2. The lowest BCUT2D eigenvalue weighted by molar-refractivity contribution is 0.0601. The number of ether oxygens (including phenoxy) is 1. The van der Waals surface area contributed by atoms with Crippen molar-refractivity contribution in [1.29, 1.82) is 0 Å². The number of anilines is 2. The van der Waals surface area contributed by atoms with Crippen molar-refractivity contribution in [2.75, 3.05) is 17.6 Å². The zero-order valence-corrected chi connectivity index (χ0v) is 13.1. The summed E-state index contributed by atoms with van der Waals surface area (Å²) < 4.78 is 31.4. The first-order valence-electron chi connectivity index (χ1n) is 6.10. The Labute approximate surface area is 132 Å². The van der Waals surface area contributed by atoms with Crippen molar-refractivity contribution in [2.24, 2.45) is 0 Å². The minimum absolute atomic E-state index is 0.0521. The number of benzene rings is 2. The van der Waals surface area contributed by atoms with E-state index in [-0.39, 0.29) is 21.2 Å². The molecule has 6 nitrogen and oxygen atoms in total. The van der Waals surface area contributed by atoms with Crippen LogP contribution in [0.5, 0.6) is 0 Å². The van der Waals surface area contributed by atoms with Gasteiger partial charge < -0.3 is 10.5 Å². The summed E-state index contributed by atoms with van der Waals surface area (Å²) in [4.78, 5) is 11.6. The monoisotopic (exact) mass is 340 g/mol. The molecule has 0 radical (unpaired) electrons. The molecule has 22 heavy (non-hydrogen) atoms. The van der Waals surface area contributed by atoms with Crippen LogP contribution < -0.4 is 10.5 Å². The molecule has 0 aliphatic rings. The van der Waals surface area contributed by atoms with E-state index in [0.29, 0.717) is 5.69 Å². The molecule has 0 aliphatic carbocycles. The van der Waals surface area contributed by atoms with Crippen LogP contribution in [0.3, 0.4) is 0 Å². The lowest BCUT2D eigenvalue weighted by atomic mass is 10.2. The number of nitrogens with one attached hydrogen (secondary N) is 1. The number of halogens is 1. The van der Waals surface area contributed by atoms with Gasteiger partial charge in [0.25, 0.3) is 10.0 Å². The molecule has 116 valence electrons. The molecule has 0 bridgehead atoms. The summed E-state index contributed by atoms with van der Waals surface area (Å²) in [7, 11) is -2.58. The van der Waals surface area contributed by atoms with E-state index >= 15 is 0 Å². The van der Waals surface area contributed by atoms with E-state index in [1.807, 2.05) is 0 Å². The van der Waals surface area contributed by atoms with Gasteiger partial charge >= 0.3 is 5.97 Å². The standard InChI is InChI=1S/C14H13ClN2O4S/c1-21-14(18)12-8-10(4-7-13(12)15)17-22(19,20)11-5-2-9(16)3-6-11/h2-8,17H,16H2,1H3. The largest absolute Gasteiger partial charge is 0.465 e. The predicted octanol–water partition coefficient (Wildman–Crippen LogP) is 2.51. The molecule has 2 rings (SSSR count). The van der Waals surface area contributed by atoms with Crippen LogP contribution in [0.1, 0.15) is 10.4 Å². The number of nitrogens with two attached hydrogens (primary N) is 1. The second-order valence-corrected chi connectivity index (χ2v) is 6.45. The highest BCUT2D eigenvalue weighted by atomic mass is 35.5. The van der Waals surface area contributed by atoms with Crippen molar-refractivity contribution in [1.82, 2.24) is 0 Å². The van der Waals surface area contributed by atoms with E-state index in [4.69, 9.17) is 17.3 Å². The number of methoxy groups -OCH3 is 1. The van der Waals surface area contributed by atoms with E-state index in [0.717, 1.165) is 0 Å². The first-order chi connectivity index (χ1) is 10.3. The predicted molar refractivity (Wildman–Crippen MR) is 84.5 cm³/mol. The second-order valence-electron chi connectivity index (χ2n) is 4.36. The number of rotatable bonds is 4. The van der Waals surface area contributed by atoms with Crippen LogP contribution in [0, 0.1) is 0 Å². The van der Waals surface area contributed by atoms with Crippen molar-refractivity contribution >= 4 is 39.0 Å². The van der Waals surface area contributed by atoms with Crippen molar-refractivity contribution in [3.63, 3.8) is 0 Å². The molecule has 0 aliphatic heterocycles. The highest BCUT2D eigenvalue weighted by Gasteiger charge is 2.17. The average molecular weight is 341 g/mol. The van der Waals surface area contributed by atoms with E-state index in [2.05, 4.69) is 9.46 Å². The number of hydrogen-bond donors (Lipinski definition) is 2. The van der Waals surface area contributed by atoms with Gasteiger partial charge in [-0.1, -0.05) is 11.6 Å². The number of esters is 1. The first-order valence-corrected chi connectivity index (χ1v) is 7.96. The molecular formula is C14H13ClN2O4S. The maximum absolute atomic E-state index is 12.2. The minimum Gasteiger partial charge on any atom is -0.465 e. The Bertz CT molecular complexity index is 804. The van der Waals surface area contributed by atoms with E-state index < -0.39 is 16.0 Å².